The van der Waals surface area contributed by atoms with E-state index in [0.29, 0.717) is 0 Å². The molecule has 0 aliphatic rings. The van der Waals surface area contributed by atoms with Crippen molar-refractivity contribution in [2.75, 3.05) is 0 Å². The van der Waals surface area contributed by atoms with Crippen molar-refractivity contribution in [1.29, 1.82) is 0 Å². The molecule has 16 heavy (non-hydrogen) atoms. The van der Waals surface area contributed by atoms with Crippen molar-refractivity contribution in [3.63, 3.8) is 0 Å². The molecule has 0 saturated heterocycles. The molecule has 0 unspecified atom stereocenters. The zero-order chi connectivity index (χ0) is 11.5. The van der Waals surface area contributed by atoms with E-state index in [0.717, 1.165) is 34.9 Å². The van der Waals surface area contributed by atoms with Gasteiger partial charge in [0.05, 0.1) is 23.3 Å². The Morgan fingerprint density at radius 3 is 2.81 bits per heavy atom. The largest absolute Gasteiger partial charge is 0.342 e. The Labute approximate surface area is 94.5 Å². The number of aliphatic imine (C=N–C) groups is 1. The maximum absolute atomic E-state index is 4.29. The second kappa shape index (κ2) is 4.26. The summed E-state index contributed by atoms with van der Waals surface area (Å²) in [7, 11) is 0. The van der Waals surface area contributed by atoms with E-state index < -0.39 is 0 Å². The Hall–Kier alpha value is -1.97. The highest BCUT2D eigenvalue weighted by atomic mass is 14.9. The summed E-state index contributed by atoms with van der Waals surface area (Å²) in [4.78, 5) is 15.7. The molecule has 0 bridgehead atoms. The molecule has 82 valence electrons. The van der Waals surface area contributed by atoms with E-state index in [1.54, 1.807) is 12.4 Å². The zero-order valence-electron chi connectivity index (χ0n) is 9.49. The molecule has 0 spiro atoms. The summed E-state index contributed by atoms with van der Waals surface area (Å²) >= 11 is 0. The van der Waals surface area contributed by atoms with Crippen molar-refractivity contribution in [3.8, 4) is 11.3 Å². The van der Waals surface area contributed by atoms with Gasteiger partial charge in [-0.1, -0.05) is 6.92 Å². The topological polar surface area (TPSA) is 53.9 Å². The van der Waals surface area contributed by atoms with Gasteiger partial charge in [0, 0.05) is 11.8 Å². The SMILES string of the molecule is C=Nc1c(-c2cnc(C)[nH]2)ccnc1CC. The van der Waals surface area contributed by atoms with Crippen molar-refractivity contribution < 1.29 is 0 Å². The predicted octanol–water partition coefficient (Wildman–Crippen LogP) is 2.67. The van der Waals surface area contributed by atoms with Crippen LogP contribution in [0.3, 0.4) is 0 Å². The fraction of sp³-hybridized carbons (Fsp3) is 0.250. The molecule has 2 rings (SSSR count). The maximum atomic E-state index is 4.29. The highest BCUT2D eigenvalue weighted by Crippen LogP contribution is 2.30. The lowest BCUT2D eigenvalue weighted by atomic mass is 10.1. The molecule has 2 aromatic heterocycles. The van der Waals surface area contributed by atoms with E-state index in [1.165, 1.54) is 0 Å². The summed E-state index contributed by atoms with van der Waals surface area (Å²) in [5, 5.41) is 0. The average Bonchev–Trinajstić information content (AvgIpc) is 2.74. The van der Waals surface area contributed by atoms with Crippen LogP contribution in [-0.2, 0) is 6.42 Å². The summed E-state index contributed by atoms with van der Waals surface area (Å²) in [6.07, 6.45) is 4.44. The molecular weight excluding hydrogens is 200 g/mol. The third kappa shape index (κ3) is 1.74. The number of nitrogens with zero attached hydrogens (tertiary/aromatic N) is 3. The minimum Gasteiger partial charge on any atom is -0.342 e. The van der Waals surface area contributed by atoms with Gasteiger partial charge in [-0.05, 0) is 26.1 Å². The fourth-order valence-electron chi connectivity index (χ4n) is 1.71. The molecule has 0 aliphatic carbocycles. The molecule has 4 nitrogen and oxygen atoms in total. The third-order valence-corrected chi connectivity index (χ3v) is 2.49. The van der Waals surface area contributed by atoms with E-state index in [2.05, 4.69) is 33.6 Å². The summed E-state index contributed by atoms with van der Waals surface area (Å²) in [5.41, 5.74) is 3.76. The van der Waals surface area contributed by atoms with Crippen LogP contribution in [0.15, 0.2) is 23.5 Å². The normalized spacial score (nSPS) is 10.4. The van der Waals surface area contributed by atoms with Gasteiger partial charge in [0.25, 0.3) is 0 Å². The van der Waals surface area contributed by atoms with E-state index in [-0.39, 0.29) is 0 Å². The molecule has 0 aromatic carbocycles. The van der Waals surface area contributed by atoms with E-state index in [4.69, 9.17) is 0 Å². The van der Waals surface area contributed by atoms with Crippen molar-refractivity contribution in [3.05, 3.63) is 30.0 Å². The van der Waals surface area contributed by atoms with Crippen molar-refractivity contribution in [1.82, 2.24) is 15.0 Å². The first-order valence-corrected chi connectivity index (χ1v) is 5.22. The number of aromatic amines is 1. The lowest BCUT2D eigenvalue weighted by Crippen LogP contribution is -1.90. The highest BCUT2D eigenvalue weighted by Gasteiger charge is 2.10. The van der Waals surface area contributed by atoms with Gasteiger partial charge >= 0.3 is 0 Å². The summed E-state index contributed by atoms with van der Waals surface area (Å²) in [5.74, 6) is 0.889. The van der Waals surface area contributed by atoms with Crippen molar-refractivity contribution in [2.24, 2.45) is 4.99 Å². The smallest absolute Gasteiger partial charge is 0.103 e. The Balaban J connectivity index is 2.60. The van der Waals surface area contributed by atoms with Gasteiger partial charge in [0.15, 0.2) is 0 Å². The van der Waals surface area contributed by atoms with Gasteiger partial charge in [-0.25, -0.2) is 4.98 Å². The first-order valence-electron chi connectivity index (χ1n) is 5.22. The molecule has 2 heterocycles. The monoisotopic (exact) mass is 214 g/mol. The second-order valence-electron chi connectivity index (χ2n) is 3.55. The number of rotatable bonds is 3. The Kier molecular flexibility index (Phi) is 2.81. The van der Waals surface area contributed by atoms with Crippen molar-refractivity contribution in [2.45, 2.75) is 20.3 Å². The lowest BCUT2D eigenvalue weighted by molar-refractivity contribution is 1.03. The standard InChI is InChI=1S/C12H14N4/c1-4-10-12(13-3)9(5-6-14-10)11-7-15-8(2)16-11/h5-7H,3-4H2,1-2H3,(H,15,16). The molecule has 0 fully saturated rings. The lowest BCUT2D eigenvalue weighted by Gasteiger charge is -2.06. The molecular formula is C12H14N4. The quantitative estimate of drug-likeness (QED) is 0.798. The molecule has 2 aromatic rings. The van der Waals surface area contributed by atoms with Crippen LogP contribution in [0.5, 0.6) is 0 Å². The van der Waals surface area contributed by atoms with E-state index in [9.17, 15) is 0 Å². The van der Waals surface area contributed by atoms with E-state index >= 15 is 0 Å². The number of hydrogen-bond donors (Lipinski definition) is 1. The summed E-state index contributed by atoms with van der Waals surface area (Å²) in [6.45, 7) is 7.59. The number of aryl methyl sites for hydroxylation is 2. The van der Waals surface area contributed by atoms with Crippen LogP contribution in [0, 0.1) is 6.92 Å². The first-order chi connectivity index (χ1) is 7.76. The number of nitrogens with one attached hydrogen (secondary N) is 1. The Bertz CT molecular complexity index is 513. The van der Waals surface area contributed by atoms with Crippen molar-refractivity contribution >= 4 is 12.4 Å². The van der Waals surface area contributed by atoms with Crippen LogP contribution in [0.25, 0.3) is 11.3 Å². The second-order valence-corrected chi connectivity index (χ2v) is 3.55. The summed E-state index contributed by atoms with van der Waals surface area (Å²) < 4.78 is 0. The van der Waals surface area contributed by atoms with Gasteiger partial charge < -0.3 is 4.98 Å². The van der Waals surface area contributed by atoms with Crippen LogP contribution in [-0.4, -0.2) is 21.7 Å². The number of imidazole rings is 1. The number of hydrogen-bond acceptors (Lipinski definition) is 3. The fourth-order valence-corrected chi connectivity index (χ4v) is 1.71. The molecule has 0 amide bonds. The van der Waals surface area contributed by atoms with Crippen LogP contribution in [0.2, 0.25) is 0 Å². The van der Waals surface area contributed by atoms with Gasteiger partial charge in [-0.2, -0.15) is 0 Å². The molecule has 0 saturated carbocycles. The molecule has 1 N–H and O–H groups in total. The molecule has 0 radical (unpaired) electrons. The van der Waals surface area contributed by atoms with Gasteiger partial charge in [0.1, 0.15) is 5.82 Å². The number of aromatic nitrogens is 3. The maximum Gasteiger partial charge on any atom is 0.103 e. The van der Waals surface area contributed by atoms with Gasteiger partial charge in [-0.15, -0.1) is 0 Å². The van der Waals surface area contributed by atoms with Gasteiger partial charge in [0.2, 0.25) is 0 Å². The Morgan fingerprint density at radius 1 is 1.44 bits per heavy atom. The number of pyridine rings is 1. The first kappa shape index (κ1) is 10.5. The Morgan fingerprint density at radius 2 is 2.25 bits per heavy atom. The van der Waals surface area contributed by atoms with Crippen LogP contribution >= 0.6 is 0 Å². The highest BCUT2D eigenvalue weighted by molar-refractivity contribution is 5.75. The zero-order valence-corrected chi connectivity index (χ0v) is 9.49. The minimum atomic E-state index is 0.841. The average molecular weight is 214 g/mol. The van der Waals surface area contributed by atoms with Crippen LogP contribution in [0.1, 0.15) is 18.4 Å². The molecule has 4 heteroatoms. The van der Waals surface area contributed by atoms with E-state index in [1.807, 2.05) is 13.0 Å². The van der Waals surface area contributed by atoms with Gasteiger partial charge in [-0.3, -0.25) is 9.98 Å². The van der Waals surface area contributed by atoms with Crippen LogP contribution < -0.4 is 0 Å². The predicted molar refractivity (Wildman–Crippen MR) is 65.1 cm³/mol. The molecule has 0 atom stereocenters. The van der Waals surface area contributed by atoms with Crippen LogP contribution in [0.4, 0.5) is 5.69 Å². The third-order valence-electron chi connectivity index (χ3n) is 2.49. The molecule has 0 aliphatic heterocycles. The summed E-state index contributed by atoms with van der Waals surface area (Å²) in [6, 6.07) is 1.93. The minimum absolute atomic E-state index is 0.841. The number of H-pyrrole nitrogens is 1.